The number of rotatable bonds is 28. The van der Waals surface area contributed by atoms with Crippen LogP contribution in [0.1, 0.15) is 112 Å². The molecule has 0 amide bonds. The highest BCUT2D eigenvalue weighted by atomic mass is 16.6. The van der Waals surface area contributed by atoms with E-state index in [1.54, 1.807) is 24.3 Å². The van der Waals surface area contributed by atoms with Gasteiger partial charge in [0.2, 0.25) is 0 Å². The molecular formula is C32H54O8. The van der Waals surface area contributed by atoms with Gasteiger partial charge < -0.3 is 28.4 Å². The quantitative estimate of drug-likeness (QED) is 0.0809. The van der Waals surface area contributed by atoms with E-state index in [9.17, 15) is 9.59 Å². The lowest BCUT2D eigenvalue weighted by molar-refractivity contribution is 0.0119. The number of benzene rings is 1. The summed E-state index contributed by atoms with van der Waals surface area (Å²) in [5.74, 6) is -1.18. The van der Waals surface area contributed by atoms with Crippen LogP contribution >= 0.6 is 0 Å². The molecule has 0 atom stereocenters. The van der Waals surface area contributed by atoms with Crippen LogP contribution in [0.25, 0.3) is 0 Å². The van der Waals surface area contributed by atoms with E-state index >= 15 is 0 Å². The maximum atomic E-state index is 12.5. The highest BCUT2D eigenvalue weighted by Gasteiger charge is 2.19. The molecule has 40 heavy (non-hydrogen) atoms. The normalized spacial score (nSPS) is 11.1. The first-order chi connectivity index (χ1) is 19.7. The van der Waals surface area contributed by atoms with Crippen LogP contribution < -0.4 is 0 Å². The van der Waals surface area contributed by atoms with Crippen molar-refractivity contribution in [2.45, 2.75) is 90.9 Å². The Kier molecular flexibility index (Phi) is 24.5. The van der Waals surface area contributed by atoms with Gasteiger partial charge in [-0.25, -0.2) is 9.59 Å². The fourth-order valence-corrected chi connectivity index (χ4v) is 3.99. The molecule has 1 rings (SSSR count). The fourth-order valence-electron chi connectivity index (χ4n) is 3.99. The summed E-state index contributed by atoms with van der Waals surface area (Å²) in [4.78, 5) is 25.0. The van der Waals surface area contributed by atoms with Crippen LogP contribution in [0.4, 0.5) is 0 Å². The molecule has 230 valence electrons. The predicted molar refractivity (Wildman–Crippen MR) is 157 cm³/mol. The Hall–Kier alpha value is -2.00. The molecule has 1 aromatic carbocycles. The number of esters is 2. The van der Waals surface area contributed by atoms with E-state index in [1.807, 2.05) is 0 Å². The molecule has 0 spiro atoms. The largest absolute Gasteiger partial charge is 0.460 e. The number of carbonyl (C=O) groups excluding carboxylic acids is 2. The van der Waals surface area contributed by atoms with E-state index < -0.39 is 11.9 Å². The Morgan fingerprint density at radius 3 is 1.18 bits per heavy atom. The van der Waals surface area contributed by atoms with Gasteiger partial charge in [-0.15, -0.1) is 0 Å². The first-order valence-corrected chi connectivity index (χ1v) is 15.4. The standard InChI is InChI=1S/C32H54O8/c1-3-5-7-9-11-15-19-35-21-23-37-25-27-39-31(33)29-17-13-14-18-30(29)32(34)40-28-26-38-24-22-36-20-16-12-10-8-6-4-2/h13-14,17-18H,3-12,15-16,19-28H2,1-2H3. The molecule has 0 aromatic heterocycles. The highest BCUT2D eigenvalue weighted by Crippen LogP contribution is 2.12. The molecule has 0 aliphatic heterocycles. The number of hydrogen-bond acceptors (Lipinski definition) is 8. The summed E-state index contributed by atoms with van der Waals surface area (Å²) in [6, 6.07) is 6.46. The van der Waals surface area contributed by atoms with Crippen molar-refractivity contribution in [1.29, 1.82) is 0 Å². The van der Waals surface area contributed by atoms with Crippen molar-refractivity contribution in [3.8, 4) is 0 Å². The summed E-state index contributed by atoms with van der Waals surface area (Å²) < 4.78 is 32.6. The lowest BCUT2D eigenvalue weighted by Crippen LogP contribution is -2.18. The number of hydrogen-bond donors (Lipinski definition) is 0. The Morgan fingerprint density at radius 1 is 0.450 bits per heavy atom. The molecule has 0 aliphatic carbocycles. The van der Waals surface area contributed by atoms with Crippen molar-refractivity contribution in [3.63, 3.8) is 0 Å². The third-order valence-corrected chi connectivity index (χ3v) is 6.32. The van der Waals surface area contributed by atoms with Gasteiger partial charge in [0.25, 0.3) is 0 Å². The minimum absolute atomic E-state index is 0.0917. The average molecular weight is 567 g/mol. The third kappa shape index (κ3) is 20.0. The predicted octanol–water partition coefficient (Wildman–Crippen LogP) is 6.79. The van der Waals surface area contributed by atoms with Crippen LogP contribution in [0.5, 0.6) is 0 Å². The molecule has 8 heteroatoms. The van der Waals surface area contributed by atoms with Gasteiger partial charge in [-0.05, 0) is 25.0 Å². The van der Waals surface area contributed by atoms with Crippen molar-refractivity contribution >= 4 is 11.9 Å². The Morgan fingerprint density at radius 2 is 0.775 bits per heavy atom. The van der Waals surface area contributed by atoms with Crippen molar-refractivity contribution in [2.24, 2.45) is 0 Å². The summed E-state index contributed by atoms with van der Waals surface area (Å²) in [7, 11) is 0. The second-order valence-corrected chi connectivity index (χ2v) is 9.80. The summed E-state index contributed by atoms with van der Waals surface area (Å²) in [6.45, 7) is 8.57. The zero-order chi connectivity index (χ0) is 28.9. The van der Waals surface area contributed by atoms with Crippen LogP contribution in [-0.2, 0) is 28.4 Å². The molecule has 0 saturated heterocycles. The molecule has 0 fully saturated rings. The minimum atomic E-state index is -0.589. The Labute approximate surface area is 242 Å². The van der Waals surface area contributed by atoms with E-state index in [4.69, 9.17) is 28.4 Å². The first kappa shape index (κ1) is 36.0. The monoisotopic (exact) mass is 566 g/mol. The smallest absolute Gasteiger partial charge is 0.339 e. The third-order valence-electron chi connectivity index (χ3n) is 6.32. The Balaban J connectivity index is 2.09. The van der Waals surface area contributed by atoms with Gasteiger partial charge in [0.1, 0.15) is 13.2 Å². The SMILES string of the molecule is CCCCCCCCOCCOCCOC(=O)c1ccccc1C(=O)OCCOCCOCCCCCCCC. The van der Waals surface area contributed by atoms with Gasteiger partial charge in [0, 0.05) is 13.2 Å². The second-order valence-electron chi connectivity index (χ2n) is 9.80. The van der Waals surface area contributed by atoms with Crippen molar-refractivity contribution in [2.75, 3.05) is 66.1 Å². The summed E-state index contributed by atoms with van der Waals surface area (Å²) in [5.41, 5.74) is 0.331. The van der Waals surface area contributed by atoms with Crippen molar-refractivity contribution in [3.05, 3.63) is 35.4 Å². The van der Waals surface area contributed by atoms with Gasteiger partial charge in [0.05, 0.1) is 50.8 Å². The minimum Gasteiger partial charge on any atom is -0.460 e. The van der Waals surface area contributed by atoms with Gasteiger partial charge in [-0.3, -0.25) is 0 Å². The van der Waals surface area contributed by atoms with Crippen LogP contribution in [0.2, 0.25) is 0 Å². The van der Waals surface area contributed by atoms with Crippen molar-refractivity contribution in [1.82, 2.24) is 0 Å². The van der Waals surface area contributed by atoms with Crippen LogP contribution in [0.15, 0.2) is 24.3 Å². The fraction of sp³-hybridized carbons (Fsp3) is 0.750. The van der Waals surface area contributed by atoms with Crippen molar-refractivity contribution < 1.29 is 38.0 Å². The molecule has 0 N–H and O–H groups in total. The van der Waals surface area contributed by atoms with Gasteiger partial charge in [0.15, 0.2) is 0 Å². The zero-order valence-corrected chi connectivity index (χ0v) is 25.1. The lowest BCUT2D eigenvalue weighted by atomic mass is 10.1. The summed E-state index contributed by atoms with van der Waals surface area (Å²) >= 11 is 0. The van der Waals surface area contributed by atoms with Crippen LogP contribution in [0, 0.1) is 0 Å². The van der Waals surface area contributed by atoms with E-state index in [0.29, 0.717) is 26.4 Å². The molecule has 0 unspecified atom stereocenters. The van der Waals surface area contributed by atoms with E-state index in [1.165, 1.54) is 64.2 Å². The van der Waals surface area contributed by atoms with Gasteiger partial charge in [-0.2, -0.15) is 0 Å². The Bertz CT molecular complexity index is 678. The molecule has 0 saturated carbocycles. The van der Waals surface area contributed by atoms with E-state index in [-0.39, 0.29) is 37.6 Å². The van der Waals surface area contributed by atoms with Gasteiger partial charge >= 0.3 is 11.9 Å². The summed E-state index contributed by atoms with van der Waals surface area (Å²) in [6.07, 6.45) is 14.8. The second kappa shape index (κ2) is 27.2. The topological polar surface area (TPSA) is 89.5 Å². The van der Waals surface area contributed by atoms with Crippen LogP contribution in [0.3, 0.4) is 0 Å². The molecule has 0 bridgehead atoms. The average Bonchev–Trinajstić information content (AvgIpc) is 2.97. The van der Waals surface area contributed by atoms with Gasteiger partial charge in [-0.1, -0.05) is 90.2 Å². The number of carbonyl (C=O) groups is 2. The maximum absolute atomic E-state index is 12.5. The van der Waals surface area contributed by atoms with E-state index in [0.717, 1.165) is 26.1 Å². The molecule has 0 aliphatic rings. The molecular weight excluding hydrogens is 512 g/mol. The molecule has 1 aromatic rings. The molecule has 0 radical (unpaired) electrons. The summed E-state index contributed by atoms with van der Waals surface area (Å²) in [5, 5.41) is 0. The number of unbranched alkanes of at least 4 members (excludes halogenated alkanes) is 10. The van der Waals surface area contributed by atoms with Crippen LogP contribution in [-0.4, -0.2) is 78.0 Å². The molecule has 8 nitrogen and oxygen atoms in total. The lowest BCUT2D eigenvalue weighted by Gasteiger charge is -2.11. The maximum Gasteiger partial charge on any atom is 0.339 e. The van der Waals surface area contributed by atoms with E-state index in [2.05, 4.69) is 13.8 Å². The number of ether oxygens (including phenoxy) is 6. The first-order valence-electron chi connectivity index (χ1n) is 15.4. The highest BCUT2D eigenvalue weighted by molar-refractivity contribution is 6.03. The zero-order valence-electron chi connectivity index (χ0n) is 25.1. The molecule has 0 heterocycles.